The molecule has 0 aliphatic rings. The molecule has 0 radical (unpaired) electrons. The fourth-order valence-corrected chi connectivity index (χ4v) is 2.07. The van der Waals surface area contributed by atoms with Crippen molar-refractivity contribution >= 4 is 5.97 Å². The number of aryl methyl sites for hydroxylation is 1. The molecule has 0 fully saturated rings. The normalized spacial score (nSPS) is 10.8. The van der Waals surface area contributed by atoms with E-state index in [-0.39, 0.29) is 6.42 Å². The SMILES string of the molecule is CCN(CC)Cc1ccccc1CCCC(=O)O. The van der Waals surface area contributed by atoms with Crippen LogP contribution in [0.5, 0.6) is 0 Å². The predicted octanol–water partition coefficient (Wildman–Crippen LogP) is 2.94. The largest absolute Gasteiger partial charge is 0.481 e. The Morgan fingerprint density at radius 3 is 2.33 bits per heavy atom. The molecule has 0 aliphatic heterocycles. The molecule has 0 saturated carbocycles. The number of rotatable bonds is 8. The molecule has 18 heavy (non-hydrogen) atoms. The third kappa shape index (κ3) is 4.88. The molecule has 1 rings (SSSR count). The molecule has 0 atom stereocenters. The maximum atomic E-state index is 10.5. The van der Waals surface area contributed by atoms with E-state index in [1.54, 1.807) is 0 Å². The fourth-order valence-electron chi connectivity index (χ4n) is 2.07. The number of hydrogen-bond donors (Lipinski definition) is 1. The molecule has 1 aromatic rings. The summed E-state index contributed by atoms with van der Waals surface area (Å²) in [5.41, 5.74) is 2.61. The van der Waals surface area contributed by atoms with Crippen molar-refractivity contribution in [3.05, 3.63) is 35.4 Å². The van der Waals surface area contributed by atoms with E-state index in [1.165, 1.54) is 11.1 Å². The van der Waals surface area contributed by atoms with Crippen molar-refractivity contribution in [1.29, 1.82) is 0 Å². The molecular formula is C15H23NO2. The average molecular weight is 249 g/mol. The van der Waals surface area contributed by atoms with E-state index < -0.39 is 5.97 Å². The monoisotopic (exact) mass is 249 g/mol. The summed E-state index contributed by atoms with van der Waals surface area (Å²) in [6.45, 7) is 7.36. The minimum Gasteiger partial charge on any atom is -0.481 e. The summed E-state index contributed by atoms with van der Waals surface area (Å²) < 4.78 is 0. The van der Waals surface area contributed by atoms with E-state index in [0.29, 0.717) is 6.42 Å². The molecule has 3 nitrogen and oxygen atoms in total. The lowest BCUT2D eigenvalue weighted by Crippen LogP contribution is -2.22. The minimum atomic E-state index is -0.712. The Bertz CT molecular complexity index is 373. The Kier molecular flexibility index (Phi) is 6.44. The first kappa shape index (κ1) is 14.7. The quantitative estimate of drug-likeness (QED) is 0.770. The summed E-state index contributed by atoms with van der Waals surface area (Å²) in [5, 5.41) is 8.67. The highest BCUT2D eigenvalue weighted by atomic mass is 16.4. The first-order valence-electron chi connectivity index (χ1n) is 6.68. The van der Waals surface area contributed by atoms with Gasteiger partial charge in [-0.05, 0) is 37.1 Å². The van der Waals surface area contributed by atoms with Crippen LogP contribution in [0.15, 0.2) is 24.3 Å². The number of carboxylic acid groups (broad SMARTS) is 1. The zero-order valence-electron chi connectivity index (χ0n) is 11.4. The molecule has 0 aliphatic carbocycles. The van der Waals surface area contributed by atoms with E-state index in [1.807, 2.05) is 6.07 Å². The standard InChI is InChI=1S/C15H23NO2/c1-3-16(4-2)12-14-9-6-5-8-13(14)10-7-11-15(17)18/h5-6,8-9H,3-4,7,10-12H2,1-2H3,(H,17,18). The molecule has 0 unspecified atom stereocenters. The zero-order valence-corrected chi connectivity index (χ0v) is 11.4. The Morgan fingerprint density at radius 1 is 1.17 bits per heavy atom. The second-order valence-corrected chi connectivity index (χ2v) is 4.48. The van der Waals surface area contributed by atoms with E-state index >= 15 is 0 Å². The van der Waals surface area contributed by atoms with Gasteiger partial charge in [-0.15, -0.1) is 0 Å². The van der Waals surface area contributed by atoms with Crippen LogP contribution < -0.4 is 0 Å². The molecule has 0 saturated heterocycles. The van der Waals surface area contributed by atoms with E-state index in [0.717, 1.165) is 26.1 Å². The molecule has 100 valence electrons. The Hall–Kier alpha value is -1.35. The molecule has 0 heterocycles. The highest BCUT2D eigenvalue weighted by Crippen LogP contribution is 2.14. The second-order valence-electron chi connectivity index (χ2n) is 4.48. The highest BCUT2D eigenvalue weighted by Gasteiger charge is 2.06. The third-order valence-electron chi connectivity index (χ3n) is 3.24. The second kappa shape index (κ2) is 7.88. The number of benzene rings is 1. The Balaban J connectivity index is 2.63. The van der Waals surface area contributed by atoms with Crippen LogP contribution >= 0.6 is 0 Å². The van der Waals surface area contributed by atoms with Gasteiger partial charge in [0, 0.05) is 13.0 Å². The first-order chi connectivity index (χ1) is 8.67. The van der Waals surface area contributed by atoms with Crippen LogP contribution in [0.1, 0.15) is 37.8 Å². The third-order valence-corrected chi connectivity index (χ3v) is 3.24. The molecule has 0 aromatic heterocycles. The van der Waals surface area contributed by atoms with Gasteiger partial charge in [0.05, 0.1) is 0 Å². The summed E-state index contributed by atoms with van der Waals surface area (Å²) in [6, 6.07) is 8.34. The van der Waals surface area contributed by atoms with Crippen molar-refractivity contribution in [2.75, 3.05) is 13.1 Å². The van der Waals surface area contributed by atoms with Gasteiger partial charge >= 0.3 is 5.97 Å². The summed E-state index contributed by atoms with van der Waals surface area (Å²) in [5.74, 6) is -0.712. The maximum absolute atomic E-state index is 10.5. The maximum Gasteiger partial charge on any atom is 0.303 e. The van der Waals surface area contributed by atoms with Gasteiger partial charge in [-0.2, -0.15) is 0 Å². The van der Waals surface area contributed by atoms with E-state index in [2.05, 4.69) is 36.9 Å². The van der Waals surface area contributed by atoms with Crippen LogP contribution in [-0.2, 0) is 17.8 Å². The molecule has 0 amide bonds. The molecule has 3 heteroatoms. The number of carboxylic acids is 1. The fraction of sp³-hybridized carbons (Fsp3) is 0.533. The van der Waals surface area contributed by atoms with Crippen molar-refractivity contribution in [2.24, 2.45) is 0 Å². The average Bonchev–Trinajstić information content (AvgIpc) is 2.37. The predicted molar refractivity (Wildman–Crippen MR) is 73.6 cm³/mol. The topological polar surface area (TPSA) is 40.5 Å². The van der Waals surface area contributed by atoms with E-state index in [4.69, 9.17) is 5.11 Å². The summed E-state index contributed by atoms with van der Waals surface area (Å²) in [6.07, 6.45) is 1.81. The minimum absolute atomic E-state index is 0.250. The van der Waals surface area contributed by atoms with Crippen LogP contribution in [0, 0.1) is 0 Å². The lowest BCUT2D eigenvalue weighted by atomic mass is 10.0. The molecular weight excluding hydrogens is 226 g/mol. The van der Waals surface area contributed by atoms with Crippen LogP contribution in [0.2, 0.25) is 0 Å². The van der Waals surface area contributed by atoms with Crippen molar-refractivity contribution in [1.82, 2.24) is 4.90 Å². The van der Waals surface area contributed by atoms with Gasteiger partial charge in [0.1, 0.15) is 0 Å². The van der Waals surface area contributed by atoms with Crippen LogP contribution in [0.25, 0.3) is 0 Å². The molecule has 0 bridgehead atoms. The zero-order chi connectivity index (χ0) is 13.4. The van der Waals surface area contributed by atoms with Crippen molar-refractivity contribution < 1.29 is 9.90 Å². The van der Waals surface area contributed by atoms with Gasteiger partial charge in [0.2, 0.25) is 0 Å². The van der Waals surface area contributed by atoms with Gasteiger partial charge in [-0.3, -0.25) is 9.69 Å². The van der Waals surface area contributed by atoms with Crippen LogP contribution in [0.4, 0.5) is 0 Å². The number of nitrogens with zero attached hydrogens (tertiary/aromatic N) is 1. The summed E-state index contributed by atoms with van der Waals surface area (Å²) in [4.78, 5) is 12.9. The van der Waals surface area contributed by atoms with Gasteiger partial charge in [-0.1, -0.05) is 38.1 Å². The Morgan fingerprint density at radius 2 is 1.78 bits per heavy atom. The van der Waals surface area contributed by atoms with Crippen molar-refractivity contribution in [2.45, 2.75) is 39.7 Å². The highest BCUT2D eigenvalue weighted by molar-refractivity contribution is 5.66. The molecule has 1 N–H and O–H groups in total. The van der Waals surface area contributed by atoms with Crippen LogP contribution in [-0.4, -0.2) is 29.1 Å². The number of carbonyl (C=O) groups is 1. The lowest BCUT2D eigenvalue weighted by Gasteiger charge is -2.20. The van der Waals surface area contributed by atoms with Crippen molar-refractivity contribution in [3.63, 3.8) is 0 Å². The lowest BCUT2D eigenvalue weighted by molar-refractivity contribution is -0.137. The van der Waals surface area contributed by atoms with Crippen molar-refractivity contribution in [3.8, 4) is 0 Å². The Labute approximate surface area is 109 Å². The summed E-state index contributed by atoms with van der Waals surface area (Å²) >= 11 is 0. The van der Waals surface area contributed by atoms with Gasteiger partial charge in [0.25, 0.3) is 0 Å². The molecule has 1 aromatic carbocycles. The molecule has 0 spiro atoms. The summed E-state index contributed by atoms with van der Waals surface area (Å²) in [7, 11) is 0. The smallest absolute Gasteiger partial charge is 0.303 e. The van der Waals surface area contributed by atoms with Gasteiger partial charge in [-0.25, -0.2) is 0 Å². The first-order valence-corrected chi connectivity index (χ1v) is 6.68. The number of aliphatic carboxylic acids is 1. The number of hydrogen-bond acceptors (Lipinski definition) is 2. The van der Waals surface area contributed by atoms with Gasteiger partial charge < -0.3 is 5.11 Å². The van der Waals surface area contributed by atoms with E-state index in [9.17, 15) is 4.79 Å². The van der Waals surface area contributed by atoms with Crippen LogP contribution in [0.3, 0.4) is 0 Å². The van der Waals surface area contributed by atoms with Gasteiger partial charge in [0.15, 0.2) is 0 Å².